The van der Waals surface area contributed by atoms with Gasteiger partial charge in [-0.3, -0.25) is 4.79 Å². The fraction of sp³-hybridized carbons (Fsp3) is 0.438. The Morgan fingerprint density at radius 3 is 2.55 bits per heavy atom. The van der Waals surface area contributed by atoms with Crippen molar-refractivity contribution in [3.63, 3.8) is 0 Å². The quantitative estimate of drug-likeness (QED) is 0.787. The minimum atomic E-state index is -0.112. The van der Waals surface area contributed by atoms with Crippen molar-refractivity contribution in [1.29, 1.82) is 0 Å². The van der Waals surface area contributed by atoms with E-state index in [1.54, 1.807) is 23.1 Å². The van der Waals surface area contributed by atoms with Gasteiger partial charge in [0.05, 0.1) is 5.56 Å². The van der Waals surface area contributed by atoms with Gasteiger partial charge >= 0.3 is 0 Å². The molecule has 0 atom stereocenters. The van der Waals surface area contributed by atoms with Gasteiger partial charge in [-0.2, -0.15) is 0 Å². The predicted octanol–water partition coefficient (Wildman–Crippen LogP) is 3.97. The Labute approximate surface area is 128 Å². The number of nitrogens with zero attached hydrogens (tertiary/aromatic N) is 1. The lowest BCUT2D eigenvalue weighted by Crippen LogP contribution is -2.36. The van der Waals surface area contributed by atoms with E-state index in [0.717, 1.165) is 10.9 Å². The molecule has 2 rings (SSSR count). The fourth-order valence-corrected chi connectivity index (χ4v) is 2.74. The van der Waals surface area contributed by atoms with Crippen LogP contribution in [0.5, 0.6) is 5.75 Å². The summed E-state index contributed by atoms with van der Waals surface area (Å²) in [6, 6.07) is 4.98. The minimum Gasteiger partial charge on any atom is -0.507 e. The topological polar surface area (TPSA) is 40.5 Å². The highest BCUT2D eigenvalue weighted by molar-refractivity contribution is 9.10. The number of hydrogen-bond donors (Lipinski definition) is 1. The Hall–Kier alpha value is -1.29. The molecule has 0 bridgehead atoms. The van der Waals surface area contributed by atoms with E-state index in [1.165, 1.54) is 5.57 Å². The molecule has 20 heavy (non-hydrogen) atoms. The summed E-state index contributed by atoms with van der Waals surface area (Å²) in [5.74, 6) is -0.0887. The van der Waals surface area contributed by atoms with Crippen LogP contribution in [0.3, 0.4) is 0 Å². The standard InChI is InChI=1S/C16H20BrNO2/c1-16(2,3)11-6-8-18(9-7-11)15(20)13-5-4-12(17)10-14(13)19/h4-6,10,19H,7-9H2,1-3H3. The van der Waals surface area contributed by atoms with E-state index in [0.29, 0.717) is 18.7 Å². The molecule has 0 unspecified atom stereocenters. The van der Waals surface area contributed by atoms with Crippen LogP contribution in [0, 0.1) is 5.41 Å². The Morgan fingerprint density at radius 2 is 2.05 bits per heavy atom. The number of amides is 1. The first kappa shape index (κ1) is 15.1. The van der Waals surface area contributed by atoms with E-state index in [4.69, 9.17) is 0 Å². The summed E-state index contributed by atoms with van der Waals surface area (Å²) in [5, 5.41) is 9.88. The van der Waals surface area contributed by atoms with Gasteiger partial charge in [-0.1, -0.05) is 48.4 Å². The number of phenols is 1. The first-order chi connectivity index (χ1) is 9.29. The van der Waals surface area contributed by atoms with Crippen LogP contribution in [-0.2, 0) is 0 Å². The molecule has 1 aromatic rings. The molecule has 4 heteroatoms. The molecular weight excluding hydrogens is 318 g/mol. The van der Waals surface area contributed by atoms with Crippen LogP contribution < -0.4 is 0 Å². The summed E-state index contributed by atoms with van der Waals surface area (Å²) in [6.07, 6.45) is 3.03. The van der Waals surface area contributed by atoms with Gasteiger partial charge in [0.1, 0.15) is 5.75 Å². The average molecular weight is 338 g/mol. The summed E-state index contributed by atoms with van der Waals surface area (Å²) in [5.41, 5.74) is 1.91. The van der Waals surface area contributed by atoms with Crippen molar-refractivity contribution in [2.45, 2.75) is 27.2 Å². The molecule has 1 aliphatic rings. The largest absolute Gasteiger partial charge is 0.507 e. The highest BCUT2D eigenvalue weighted by Crippen LogP contribution is 2.31. The first-order valence-corrected chi connectivity index (χ1v) is 7.55. The molecule has 0 radical (unpaired) electrons. The molecular formula is C16H20BrNO2. The minimum absolute atomic E-state index is 0.0231. The van der Waals surface area contributed by atoms with Crippen LogP contribution in [0.25, 0.3) is 0 Å². The normalized spacial score (nSPS) is 16.0. The van der Waals surface area contributed by atoms with E-state index >= 15 is 0 Å². The molecule has 0 saturated carbocycles. The summed E-state index contributed by atoms with van der Waals surface area (Å²) < 4.78 is 0.764. The van der Waals surface area contributed by atoms with E-state index in [9.17, 15) is 9.90 Å². The zero-order chi connectivity index (χ0) is 14.9. The van der Waals surface area contributed by atoms with E-state index in [1.807, 2.05) is 0 Å². The van der Waals surface area contributed by atoms with E-state index < -0.39 is 0 Å². The molecule has 1 amide bonds. The number of halogens is 1. The highest BCUT2D eigenvalue weighted by Gasteiger charge is 2.25. The van der Waals surface area contributed by atoms with Gasteiger partial charge < -0.3 is 10.0 Å². The third-order valence-electron chi connectivity index (χ3n) is 3.65. The molecule has 3 nitrogen and oxygen atoms in total. The molecule has 1 heterocycles. The molecule has 0 spiro atoms. The van der Waals surface area contributed by atoms with Gasteiger partial charge in [-0.25, -0.2) is 0 Å². The van der Waals surface area contributed by atoms with Gasteiger partial charge in [0.25, 0.3) is 5.91 Å². The van der Waals surface area contributed by atoms with E-state index in [2.05, 4.69) is 42.8 Å². The maximum Gasteiger partial charge on any atom is 0.257 e. The second-order valence-electron chi connectivity index (χ2n) is 6.14. The third-order valence-corrected chi connectivity index (χ3v) is 4.14. The molecule has 0 fully saturated rings. The lowest BCUT2D eigenvalue weighted by atomic mass is 9.83. The number of carbonyl (C=O) groups is 1. The monoisotopic (exact) mass is 337 g/mol. The van der Waals surface area contributed by atoms with Crippen molar-refractivity contribution in [1.82, 2.24) is 4.90 Å². The highest BCUT2D eigenvalue weighted by atomic mass is 79.9. The van der Waals surface area contributed by atoms with Crippen molar-refractivity contribution >= 4 is 21.8 Å². The number of carbonyl (C=O) groups excluding carboxylic acids is 1. The van der Waals surface area contributed by atoms with Crippen molar-refractivity contribution in [3.8, 4) is 5.75 Å². The lowest BCUT2D eigenvalue weighted by Gasteiger charge is -2.32. The van der Waals surface area contributed by atoms with Crippen molar-refractivity contribution in [2.75, 3.05) is 13.1 Å². The van der Waals surface area contributed by atoms with Crippen molar-refractivity contribution in [2.24, 2.45) is 5.41 Å². The zero-order valence-electron chi connectivity index (χ0n) is 12.1. The molecule has 108 valence electrons. The third kappa shape index (κ3) is 3.23. The van der Waals surface area contributed by atoms with Crippen LogP contribution in [-0.4, -0.2) is 29.0 Å². The van der Waals surface area contributed by atoms with Crippen LogP contribution in [0.1, 0.15) is 37.6 Å². The van der Waals surface area contributed by atoms with E-state index in [-0.39, 0.29) is 17.1 Å². The van der Waals surface area contributed by atoms with Crippen molar-refractivity contribution in [3.05, 3.63) is 39.9 Å². The summed E-state index contributed by atoms with van der Waals surface area (Å²) in [6.45, 7) is 7.89. The Balaban J connectivity index is 2.14. The average Bonchev–Trinajstić information content (AvgIpc) is 2.37. The number of phenolic OH excluding ortho intramolecular Hbond substituents is 1. The van der Waals surface area contributed by atoms with Crippen molar-refractivity contribution < 1.29 is 9.90 Å². The lowest BCUT2D eigenvalue weighted by molar-refractivity contribution is 0.0762. The van der Waals surface area contributed by atoms with Gasteiger partial charge in [0.15, 0.2) is 0 Å². The van der Waals surface area contributed by atoms with Crippen LogP contribution in [0.15, 0.2) is 34.3 Å². The van der Waals surface area contributed by atoms with Crippen LogP contribution in [0.2, 0.25) is 0 Å². The molecule has 1 aliphatic heterocycles. The predicted molar refractivity (Wildman–Crippen MR) is 83.9 cm³/mol. The summed E-state index contributed by atoms with van der Waals surface area (Å²) in [7, 11) is 0. The maximum absolute atomic E-state index is 12.4. The number of benzene rings is 1. The second-order valence-corrected chi connectivity index (χ2v) is 7.06. The smallest absolute Gasteiger partial charge is 0.257 e. The summed E-state index contributed by atoms with van der Waals surface area (Å²) in [4.78, 5) is 14.2. The van der Waals surface area contributed by atoms with Gasteiger partial charge in [0.2, 0.25) is 0 Å². The molecule has 1 aromatic carbocycles. The Kier molecular flexibility index (Phi) is 4.23. The second kappa shape index (κ2) is 5.60. The zero-order valence-corrected chi connectivity index (χ0v) is 13.7. The first-order valence-electron chi connectivity index (χ1n) is 6.76. The summed E-state index contributed by atoms with van der Waals surface area (Å²) >= 11 is 3.28. The Bertz CT molecular complexity index is 558. The number of hydrogen-bond acceptors (Lipinski definition) is 2. The van der Waals surface area contributed by atoms with Crippen LogP contribution >= 0.6 is 15.9 Å². The SMILES string of the molecule is CC(C)(C)C1=CCN(C(=O)c2ccc(Br)cc2O)CC1. The maximum atomic E-state index is 12.4. The van der Waals surface area contributed by atoms with Crippen LogP contribution in [0.4, 0.5) is 0 Å². The molecule has 0 aromatic heterocycles. The molecule has 0 aliphatic carbocycles. The molecule has 1 N–H and O–H groups in total. The van der Waals surface area contributed by atoms with Gasteiger partial charge in [0, 0.05) is 17.6 Å². The fourth-order valence-electron chi connectivity index (χ4n) is 2.39. The number of aromatic hydroxyl groups is 1. The number of rotatable bonds is 1. The van der Waals surface area contributed by atoms with Gasteiger partial charge in [-0.05, 0) is 30.0 Å². The molecule has 0 saturated heterocycles. The van der Waals surface area contributed by atoms with Gasteiger partial charge in [-0.15, -0.1) is 0 Å². The Morgan fingerprint density at radius 1 is 1.35 bits per heavy atom.